The van der Waals surface area contributed by atoms with Crippen molar-refractivity contribution in [1.29, 1.82) is 5.26 Å². The third kappa shape index (κ3) is 4.85. The number of para-hydroxylation sites is 2. The number of amides is 1. The second-order valence-corrected chi connectivity index (χ2v) is 8.51. The van der Waals surface area contributed by atoms with Crippen molar-refractivity contribution in [3.63, 3.8) is 0 Å². The van der Waals surface area contributed by atoms with Gasteiger partial charge in [-0.25, -0.2) is 9.37 Å². The van der Waals surface area contributed by atoms with E-state index in [9.17, 15) is 14.0 Å². The quantitative estimate of drug-likeness (QED) is 0.283. The van der Waals surface area contributed by atoms with Gasteiger partial charge in [-0.1, -0.05) is 48.2 Å². The van der Waals surface area contributed by atoms with Gasteiger partial charge in [0.2, 0.25) is 5.91 Å². The SMILES string of the molecule is Cc1ccc(-n2c(SCC(=O)N(CCC#N)c3ccccc3)nc3ccccc3c2=O)cc1F. The lowest BCUT2D eigenvalue weighted by Crippen LogP contribution is -2.33. The number of hydrogen-bond donors (Lipinski definition) is 0. The summed E-state index contributed by atoms with van der Waals surface area (Å²) in [6.07, 6.45) is 0.187. The second kappa shape index (κ2) is 10.3. The molecular formula is C26H21FN4O2S. The van der Waals surface area contributed by atoms with Gasteiger partial charge in [-0.2, -0.15) is 5.26 Å². The first-order valence-corrected chi connectivity index (χ1v) is 11.6. The maximum absolute atomic E-state index is 14.3. The fraction of sp³-hybridized carbons (Fsp3) is 0.154. The molecule has 6 nitrogen and oxygen atoms in total. The molecule has 1 heterocycles. The lowest BCUT2D eigenvalue weighted by molar-refractivity contribution is -0.116. The Morgan fingerprint density at radius 2 is 1.85 bits per heavy atom. The van der Waals surface area contributed by atoms with Crippen molar-refractivity contribution >= 4 is 34.3 Å². The van der Waals surface area contributed by atoms with Crippen LogP contribution in [0.1, 0.15) is 12.0 Å². The number of nitrogens with zero attached hydrogens (tertiary/aromatic N) is 4. The summed E-state index contributed by atoms with van der Waals surface area (Å²) in [4.78, 5) is 32.6. The van der Waals surface area contributed by atoms with Crippen LogP contribution < -0.4 is 10.5 Å². The number of carbonyl (C=O) groups is 1. The molecule has 1 aromatic heterocycles. The predicted octanol–water partition coefficient (Wildman–Crippen LogP) is 4.87. The zero-order valence-corrected chi connectivity index (χ0v) is 19.3. The van der Waals surface area contributed by atoms with Crippen LogP contribution in [0.15, 0.2) is 82.7 Å². The third-order valence-electron chi connectivity index (χ3n) is 5.30. The van der Waals surface area contributed by atoms with Gasteiger partial charge < -0.3 is 4.90 Å². The van der Waals surface area contributed by atoms with Gasteiger partial charge in [0, 0.05) is 12.2 Å². The number of anilines is 1. The molecular weight excluding hydrogens is 451 g/mol. The standard InChI is InChI=1S/C26H21FN4O2S/c1-18-12-13-20(16-22(18)27)31-25(33)21-10-5-6-11-23(21)29-26(31)34-17-24(32)30(15-7-14-28)19-8-3-2-4-9-19/h2-6,8-13,16H,7,15,17H2,1H3. The number of aromatic nitrogens is 2. The van der Waals surface area contributed by atoms with Gasteiger partial charge in [-0.05, 0) is 48.9 Å². The number of carbonyl (C=O) groups excluding carboxylic acids is 1. The highest BCUT2D eigenvalue weighted by molar-refractivity contribution is 7.99. The molecule has 4 aromatic rings. The van der Waals surface area contributed by atoms with E-state index in [-0.39, 0.29) is 35.3 Å². The minimum atomic E-state index is -0.434. The molecule has 0 bridgehead atoms. The summed E-state index contributed by atoms with van der Waals surface area (Å²) in [5.74, 6) is -0.675. The molecule has 0 aliphatic rings. The maximum Gasteiger partial charge on any atom is 0.266 e. The van der Waals surface area contributed by atoms with Crippen LogP contribution in [0.4, 0.5) is 10.1 Å². The van der Waals surface area contributed by atoms with Crippen LogP contribution in [0.25, 0.3) is 16.6 Å². The normalized spacial score (nSPS) is 10.7. The molecule has 0 saturated heterocycles. The van der Waals surface area contributed by atoms with Crippen LogP contribution >= 0.6 is 11.8 Å². The lowest BCUT2D eigenvalue weighted by atomic mass is 10.2. The Balaban J connectivity index is 1.72. The van der Waals surface area contributed by atoms with Crippen molar-refractivity contribution in [2.45, 2.75) is 18.5 Å². The van der Waals surface area contributed by atoms with Gasteiger partial charge in [0.25, 0.3) is 5.56 Å². The van der Waals surface area contributed by atoms with Crippen molar-refractivity contribution in [2.75, 3.05) is 17.2 Å². The average Bonchev–Trinajstić information content (AvgIpc) is 2.85. The molecule has 3 aromatic carbocycles. The molecule has 0 saturated carbocycles. The van der Waals surface area contributed by atoms with E-state index in [1.807, 2.05) is 18.2 Å². The van der Waals surface area contributed by atoms with Crippen molar-refractivity contribution in [2.24, 2.45) is 0 Å². The largest absolute Gasteiger partial charge is 0.311 e. The summed E-state index contributed by atoms with van der Waals surface area (Å²) in [6, 6.07) is 22.7. The van der Waals surface area contributed by atoms with E-state index in [0.717, 1.165) is 11.8 Å². The van der Waals surface area contributed by atoms with Gasteiger partial charge in [0.15, 0.2) is 5.16 Å². The molecule has 1 amide bonds. The Hall–Kier alpha value is -3.96. The molecule has 0 unspecified atom stereocenters. The van der Waals surface area contributed by atoms with E-state index >= 15 is 0 Å². The zero-order chi connectivity index (χ0) is 24.1. The molecule has 0 aliphatic heterocycles. The van der Waals surface area contributed by atoms with Crippen LogP contribution in [0, 0.1) is 24.1 Å². The van der Waals surface area contributed by atoms with Gasteiger partial charge in [-0.3, -0.25) is 14.2 Å². The highest BCUT2D eigenvalue weighted by atomic mass is 32.2. The van der Waals surface area contributed by atoms with Crippen LogP contribution in [-0.2, 0) is 4.79 Å². The smallest absolute Gasteiger partial charge is 0.266 e. The van der Waals surface area contributed by atoms with Crippen LogP contribution in [0.5, 0.6) is 0 Å². The van der Waals surface area contributed by atoms with Crippen LogP contribution in [-0.4, -0.2) is 27.8 Å². The Labute approximate surface area is 200 Å². The van der Waals surface area contributed by atoms with E-state index in [0.29, 0.717) is 27.8 Å². The number of rotatable bonds is 7. The first kappa shape index (κ1) is 23.2. The number of halogens is 1. The molecule has 0 N–H and O–H groups in total. The Kier molecular flexibility index (Phi) is 7.04. The maximum atomic E-state index is 14.3. The van der Waals surface area contributed by atoms with Crippen LogP contribution in [0.3, 0.4) is 0 Å². The molecule has 0 spiro atoms. The van der Waals surface area contributed by atoms with Gasteiger partial charge in [0.05, 0.1) is 34.8 Å². The van der Waals surface area contributed by atoms with Crippen molar-refractivity contribution in [3.8, 4) is 11.8 Å². The molecule has 0 atom stereocenters. The van der Waals surface area contributed by atoms with Gasteiger partial charge >= 0.3 is 0 Å². The fourth-order valence-corrected chi connectivity index (χ4v) is 4.42. The monoisotopic (exact) mass is 472 g/mol. The summed E-state index contributed by atoms with van der Waals surface area (Å²) in [6.45, 7) is 1.90. The molecule has 170 valence electrons. The minimum absolute atomic E-state index is 0.0144. The fourth-order valence-electron chi connectivity index (χ4n) is 3.53. The highest BCUT2D eigenvalue weighted by Crippen LogP contribution is 2.24. The Bertz CT molecular complexity index is 1450. The topological polar surface area (TPSA) is 79.0 Å². The summed E-state index contributed by atoms with van der Waals surface area (Å²) < 4.78 is 15.7. The van der Waals surface area contributed by atoms with Crippen molar-refractivity contribution < 1.29 is 9.18 Å². The first-order valence-electron chi connectivity index (χ1n) is 10.6. The van der Waals surface area contributed by atoms with E-state index in [1.165, 1.54) is 10.6 Å². The summed E-state index contributed by atoms with van der Waals surface area (Å²) in [7, 11) is 0. The molecule has 0 radical (unpaired) electrons. The lowest BCUT2D eigenvalue weighted by Gasteiger charge is -2.22. The third-order valence-corrected chi connectivity index (χ3v) is 6.22. The van der Waals surface area contributed by atoms with Gasteiger partial charge in [0.1, 0.15) is 5.82 Å². The van der Waals surface area contributed by atoms with E-state index < -0.39 is 5.82 Å². The molecule has 34 heavy (non-hydrogen) atoms. The number of fused-ring (bicyclic) bond motifs is 1. The predicted molar refractivity (Wildman–Crippen MR) is 132 cm³/mol. The number of aryl methyl sites for hydroxylation is 1. The van der Waals surface area contributed by atoms with E-state index in [2.05, 4.69) is 11.1 Å². The number of hydrogen-bond acceptors (Lipinski definition) is 5. The van der Waals surface area contributed by atoms with E-state index in [4.69, 9.17) is 5.26 Å². The molecule has 0 aliphatic carbocycles. The first-order chi connectivity index (χ1) is 16.5. The van der Waals surface area contributed by atoms with Crippen LogP contribution in [0.2, 0.25) is 0 Å². The zero-order valence-electron chi connectivity index (χ0n) is 18.4. The average molecular weight is 473 g/mol. The Morgan fingerprint density at radius 3 is 2.59 bits per heavy atom. The second-order valence-electron chi connectivity index (χ2n) is 7.56. The molecule has 8 heteroatoms. The van der Waals surface area contributed by atoms with Crippen molar-refractivity contribution in [1.82, 2.24) is 9.55 Å². The number of benzene rings is 3. The van der Waals surface area contributed by atoms with Gasteiger partial charge in [-0.15, -0.1) is 0 Å². The molecule has 0 fully saturated rings. The highest BCUT2D eigenvalue weighted by Gasteiger charge is 2.19. The van der Waals surface area contributed by atoms with E-state index in [1.54, 1.807) is 60.4 Å². The minimum Gasteiger partial charge on any atom is -0.311 e. The summed E-state index contributed by atoms with van der Waals surface area (Å²) in [5, 5.41) is 9.70. The Morgan fingerprint density at radius 1 is 1.12 bits per heavy atom. The number of nitriles is 1. The molecule has 4 rings (SSSR count). The number of thioether (sulfide) groups is 1. The summed E-state index contributed by atoms with van der Waals surface area (Å²) in [5.41, 5.74) is 1.65. The van der Waals surface area contributed by atoms with Crippen molar-refractivity contribution in [3.05, 3.63) is 94.5 Å². The summed E-state index contributed by atoms with van der Waals surface area (Å²) >= 11 is 1.10.